The van der Waals surface area contributed by atoms with E-state index < -0.39 is 0 Å². The van der Waals surface area contributed by atoms with Crippen LogP contribution in [0, 0.1) is 17.8 Å². The zero-order valence-corrected chi connectivity index (χ0v) is 11.9. The average molecular weight is 252 g/mol. The minimum atomic E-state index is 0.180. The largest absolute Gasteiger partial charge is 0.356 e. The molecule has 0 spiro atoms. The molecule has 104 valence electrons. The molecular formula is C15H28N2O. The van der Waals surface area contributed by atoms with Crippen LogP contribution in [0.3, 0.4) is 0 Å². The van der Waals surface area contributed by atoms with Gasteiger partial charge in [-0.1, -0.05) is 19.8 Å². The molecule has 0 aromatic rings. The van der Waals surface area contributed by atoms with Crippen LogP contribution in [0.15, 0.2) is 0 Å². The molecule has 2 aliphatic rings. The Labute approximate surface area is 111 Å². The quantitative estimate of drug-likeness (QED) is 0.809. The summed E-state index contributed by atoms with van der Waals surface area (Å²) in [6.07, 6.45) is 7.46. The van der Waals surface area contributed by atoms with Gasteiger partial charge < -0.3 is 10.6 Å². The molecule has 4 atom stereocenters. The molecule has 18 heavy (non-hydrogen) atoms. The Morgan fingerprint density at radius 1 is 1.22 bits per heavy atom. The van der Waals surface area contributed by atoms with Crippen molar-refractivity contribution in [2.24, 2.45) is 17.8 Å². The summed E-state index contributed by atoms with van der Waals surface area (Å²) >= 11 is 0. The highest BCUT2D eigenvalue weighted by atomic mass is 16.1. The summed E-state index contributed by atoms with van der Waals surface area (Å²) in [5.74, 6) is 2.01. The second-order valence-electron chi connectivity index (χ2n) is 6.37. The topological polar surface area (TPSA) is 41.1 Å². The van der Waals surface area contributed by atoms with Crippen LogP contribution in [0.1, 0.15) is 52.4 Å². The first-order valence-corrected chi connectivity index (χ1v) is 7.68. The lowest BCUT2D eigenvalue weighted by molar-refractivity contribution is -0.126. The molecule has 0 bridgehead atoms. The SMILES string of the molecule is CC1CCCC(CNC(=O)C2CCCNC2C)C1. The normalized spacial score (nSPS) is 37.2. The van der Waals surface area contributed by atoms with E-state index in [-0.39, 0.29) is 11.8 Å². The van der Waals surface area contributed by atoms with E-state index in [0.717, 1.165) is 31.8 Å². The Morgan fingerprint density at radius 3 is 2.78 bits per heavy atom. The third-order valence-electron chi connectivity index (χ3n) is 4.71. The lowest BCUT2D eigenvalue weighted by Crippen LogP contribution is -2.47. The molecule has 1 aliphatic carbocycles. The van der Waals surface area contributed by atoms with Gasteiger partial charge in [-0.2, -0.15) is 0 Å². The Kier molecular flexibility index (Phi) is 5.04. The standard InChI is InChI=1S/C15H28N2O/c1-11-5-3-6-13(9-11)10-17-15(18)14-7-4-8-16-12(14)2/h11-14,16H,3-10H2,1-2H3,(H,17,18). The molecule has 4 unspecified atom stereocenters. The smallest absolute Gasteiger partial charge is 0.224 e. The van der Waals surface area contributed by atoms with E-state index >= 15 is 0 Å². The van der Waals surface area contributed by atoms with Crippen molar-refractivity contribution in [3.8, 4) is 0 Å². The molecule has 0 aromatic heterocycles. The molecule has 0 radical (unpaired) electrons. The van der Waals surface area contributed by atoms with Crippen molar-refractivity contribution in [1.82, 2.24) is 10.6 Å². The number of rotatable bonds is 3. The first-order chi connectivity index (χ1) is 8.66. The molecule has 1 heterocycles. The summed E-state index contributed by atoms with van der Waals surface area (Å²) in [6.45, 7) is 6.42. The van der Waals surface area contributed by atoms with Crippen molar-refractivity contribution in [2.75, 3.05) is 13.1 Å². The minimum Gasteiger partial charge on any atom is -0.356 e. The van der Waals surface area contributed by atoms with Crippen molar-refractivity contribution in [3.05, 3.63) is 0 Å². The fourth-order valence-electron chi connectivity index (χ4n) is 3.52. The van der Waals surface area contributed by atoms with E-state index in [4.69, 9.17) is 0 Å². The summed E-state index contributed by atoms with van der Waals surface area (Å²) in [7, 11) is 0. The van der Waals surface area contributed by atoms with Gasteiger partial charge in [-0.05, 0) is 51.0 Å². The average Bonchev–Trinajstić information content (AvgIpc) is 2.37. The molecule has 1 saturated carbocycles. The van der Waals surface area contributed by atoms with Gasteiger partial charge in [0.25, 0.3) is 0 Å². The van der Waals surface area contributed by atoms with E-state index in [2.05, 4.69) is 24.5 Å². The van der Waals surface area contributed by atoms with Crippen molar-refractivity contribution >= 4 is 5.91 Å². The van der Waals surface area contributed by atoms with Crippen molar-refractivity contribution < 1.29 is 4.79 Å². The lowest BCUT2D eigenvalue weighted by Gasteiger charge is -2.31. The Bertz CT molecular complexity index is 280. The second kappa shape index (κ2) is 6.55. The lowest BCUT2D eigenvalue weighted by atomic mass is 9.82. The molecule has 1 aliphatic heterocycles. The maximum Gasteiger partial charge on any atom is 0.224 e. The highest BCUT2D eigenvalue weighted by Crippen LogP contribution is 2.28. The molecule has 2 fully saturated rings. The van der Waals surface area contributed by atoms with E-state index in [9.17, 15) is 4.79 Å². The molecule has 3 heteroatoms. The van der Waals surface area contributed by atoms with Gasteiger partial charge in [-0.3, -0.25) is 4.79 Å². The maximum atomic E-state index is 12.2. The van der Waals surface area contributed by atoms with Gasteiger partial charge in [0, 0.05) is 12.6 Å². The van der Waals surface area contributed by atoms with Crippen LogP contribution < -0.4 is 10.6 Å². The van der Waals surface area contributed by atoms with Crippen molar-refractivity contribution in [3.63, 3.8) is 0 Å². The number of hydrogen-bond acceptors (Lipinski definition) is 2. The van der Waals surface area contributed by atoms with E-state index in [0.29, 0.717) is 12.0 Å². The number of carbonyl (C=O) groups is 1. The molecule has 1 amide bonds. The first kappa shape index (κ1) is 13.9. The second-order valence-corrected chi connectivity index (χ2v) is 6.37. The molecule has 2 rings (SSSR count). The summed E-state index contributed by atoms with van der Waals surface area (Å²) in [6, 6.07) is 0.337. The zero-order chi connectivity index (χ0) is 13.0. The van der Waals surface area contributed by atoms with Gasteiger partial charge in [0.2, 0.25) is 5.91 Å². The first-order valence-electron chi connectivity index (χ1n) is 7.68. The number of piperidine rings is 1. The van der Waals surface area contributed by atoms with Crippen LogP contribution >= 0.6 is 0 Å². The van der Waals surface area contributed by atoms with Crippen LogP contribution in [0.2, 0.25) is 0 Å². The fourth-order valence-corrected chi connectivity index (χ4v) is 3.52. The number of carbonyl (C=O) groups excluding carboxylic acids is 1. The van der Waals surface area contributed by atoms with Crippen molar-refractivity contribution in [2.45, 2.75) is 58.4 Å². The summed E-state index contributed by atoms with van der Waals surface area (Å²) in [4.78, 5) is 12.2. The summed E-state index contributed by atoms with van der Waals surface area (Å²) < 4.78 is 0. The molecule has 3 nitrogen and oxygen atoms in total. The van der Waals surface area contributed by atoms with E-state index in [1.807, 2.05) is 0 Å². The molecule has 1 saturated heterocycles. The predicted octanol–water partition coefficient (Wildman–Crippen LogP) is 2.32. The predicted molar refractivity (Wildman–Crippen MR) is 74.3 cm³/mol. The fraction of sp³-hybridized carbons (Fsp3) is 0.933. The van der Waals surface area contributed by atoms with Gasteiger partial charge in [0.1, 0.15) is 0 Å². The monoisotopic (exact) mass is 252 g/mol. The molecular weight excluding hydrogens is 224 g/mol. The van der Waals surface area contributed by atoms with Crippen LogP contribution in [0.5, 0.6) is 0 Å². The molecule has 0 aromatic carbocycles. The maximum absolute atomic E-state index is 12.2. The summed E-state index contributed by atoms with van der Waals surface area (Å²) in [5, 5.41) is 6.59. The zero-order valence-electron chi connectivity index (χ0n) is 11.9. The van der Waals surface area contributed by atoms with Gasteiger partial charge in [0.15, 0.2) is 0 Å². The summed E-state index contributed by atoms with van der Waals surface area (Å²) in [5.41, 5.74) is 0. The van der Waals surface area contributed by atoms with Crippen LogP contribution in [-0.2, 0) is 4.79 Å². The Morgan fingerprint density at radius 2 is 2.06 bits per heavy atom. The van der Waals surface area contributed by atoms with Gasteiger partial charge >= 0.3 is 0 Å². The highest BCUT2D eigenvalue weighted by molar-refractivity contribution is 5.79. The number of amides is 1. The minimum absolute atomic E-state index is 0.180. The van der Waals surface area contributed by atoms with E-state index in [1.165, 1.54) is 25.7 Å². The Balaban J connectivity index is 1.73. The van der Waals surface area contributed by atoms with Gasteiger partial charge in [0.05, 0.1) is 5.92 Å². The van der Waals surface area contributed by atoms with Crippen LogP contribution in [-0.4, -0.2) is 25.0 Å². The number of nitrogens with one attached hydrogen (secondary N) is 2. The Hall–Kier alpha value is -0.570. The van der Waals surface area contributed by atoms with Crippen molar-refractivity contribution in [1.29, 1.82) is 0 Å². The van der Waals surface area contributed by atoms with Crippen LogP contribution in [0.4, 0.5) is 0 Å². The molecule has 2 N–H and O–H groups in total. The van der Waals surface area contributed by atoms with Crippen LogP contribution in [0.25, 0.3) is 0 Å². The van der Waals surface area contributed by atoms with E-state index in [1.54, 1.807) is 0 Å². The highest BCUT2D eigenvalue weighted by Gasteiger charge is 2.28. The van der Waals surface area contributed by atoms with Gasteiger partial charge in [-0.25, -0.2) is 0 Å². The third-order valence-corrected chi connectivity index (χ3v) is 4.71. The van der Waals surface area contributed by atoms with Gasteiger partial charge in [-0.15, -0.1) is 0 Å². The number of hydrogen-bond donors (Lipinski definition) is 2. The third kappa shape index (κ3) is 3.71.